The van der Waals surface area contributed by atoms with Gasteiger partial charge in [-0.05, 0) is 60.4 Å². The Balaban J connectivity index is 1.56. The van der Waals surface area contributed by atoms with Crippen molar-refractivity contribution in [2.24, 2.45) is 0 Å². The fraction of sp³-hybridized carbons (Fsp3) is 0.310. The number of hydrogen-bond acceptors (Lipinski definition) is 4. The first-order valence-electron chi connectivity index (χ1n) is 12.2. The molecule has 1 atom stereocenters. The molecule has 4 rings (SSSR count). The molecule has 0 saturated heterocycles. The Kier molecular flexibility index (Phi) is 8.21. The van der Waals surface area contributed by atoms with E-state index in [9.17, 15) is 9.18 Å². The molecule has 0 fully saturated rings. The van der Waals surface area contributed by atoms with Crippen LogP contribution in [0.5, 0.6) is 11.5 Å². The van der Waals surface area contributed by atoms with Gasteiger partial charge in [0.1, 0.15) is 17.7 Å². The number of para-hydroxylation sites is 2. The largest absolute Gasteiger partial charge is 0.493 e. The van der Waals surface area contributed by atoms with Gasteiger partial charge in [0, 0.05) is 13.0 Å². The monoisotopic (exact) mass is 489 g/mol. The maximum atomic E-state index is 13.5. The Bertz CT molecular complexity index is 1320. The highest BCUT2D eigenvalue weighted by Crippen LogP contribution is 2.28. The smallest absolute Gasteiger partial charge is 0.243 e. The topological polar surface area (TPSA) is 65.4 Å². The fourth-order valence-corrected chi connectivity index (χ4v) is 4.49. The van der Waals surface area contributed by atoms with Crippen molar-refractivity contribution >= 4 is 16.9 Å². The molecule has 188 valence electrons. The molecular weight excluding hydrogens is 457 g/mol. The number of amides is 1. The van der Waals surface area contributed by atoms with Gasteiger partial charge < -0.3 is 19.4 Å². The lowest BCUT2D eigenvalue weighted by atomic mass is 10.1. The minimum atomic E-state index is -0.400. The molecule has 0 saturated carbocycles. The molecule has 0 aliphatic rings. The van der Waals surface area contributed by atoms with E-state index in [2.05, 4.69) is 12.2 Å². The van der Waals surface area contributed by atoms with E-state index in [4.69, 9.17) is 14.5 Å². The molecule has 3 aromatic carbocycles. The summed E-state index contributed by atoms with van der Waals surface area (Å²) in [6.45, 7) is 2.57. The summed E-state index contributed by atoms with van der Waals surface area (Å²) in [6.07, 6.45) is 2.70. The number of halogens is 1. The van der Waals surface area contributed by atoms with E-state index in [1.807, 2.05) is 47.0 Å². The van der Waals surface area contributed by atoms with E-state index in [1.54, 1.807) is 26.4 Å². The lowest BCUT2D eigenvalue weighted by Crippen LogP contribution is -2.34. The predicted molar refractivity (Wildman–Crippen MR) is 139 cm³/mol. The second-order valence-corrected chi connectivity index (χ2v) is 8.72. The maximum Gasteiger partial charge on any atom is 0.243 e. The second-order valence-electron chi connectivity index (χ2n) is 8.72. The molecule has 0 bridgehead atoms. The Morgan fingerprint density at radius 1 is 1.00 bits per heavy atom. The van der Waals surface area contributed by atoms with Crippen LogP contribution < -0.4 is 14.8 Å². The molecule has 7 heteroatoms. The molecule has 0 spiro atoms. The number of fused-ring (bicyclic) bond motifs is 1. The number of benzene rings is 3. The third-order valence-corrected chi connectivity index (χ3v) is 6.28. The fourth-order valence-electron chi connectivity index (χ4n) is 4.49. The van der Waals surface area contributed by atoms with Gasteiger partial charge in [0.05, 0.1) is 25.3 Å². The number of carbonyl (C=O) groups is 1. The van der Waals surface area contributed by atoms with Gasteiger partial charge >= 0.3 is 0 Å². The Labute approximate surface area is 211 Å². The third kappa shape index (κ3) is 5.67. The first-order chi connectivity index (χ1) is 17.5. The number of hydrogen-bond donors (Lipinski definition) is 1. The summed E-state index contributed by atoms with van der Waals surface area (Å²) in [6, 6.07) is 19.7. The Morgan fingerprint density at radius 2 is 1.72 bits per heavy atom. The van der Waals surface area contributed by atoms with Gasteiger partial charge in [-0.25, -0.2) is 9.37 Å². The summed E-state index contributed by atoms with van der Waals surface area (Å²) in [5.74, 6) is 1.82. The van der Waals surface area contributed by atoms with E-state index in [-0.39, 0.29) is 11.7 Å². The summed E-state index contributed by atoms with van der Waals surface area (Å²) in [5.41, 5.74) is 3.75. The van der Waals surface area contributed by atoms with Crippen molar-refractivity contribution in [2.75, 3.05) is 20.8 Å². The summed E-state index contributed by atoms with van der Waals surface area (Å²) in [4.78, 5) is 18.3. The minimum Gasteiger partial charge on any atom is -0.493 e. The highest BCUT2D eigenvalue weighted by atomic mass is 19.1. The Morgan fingerprint density at radius 3 is 2.44 bits per heavy atom. The highest BCUT2D eigenvalue weighted by molar-refractivity contribution is 5.84. The molecule has 1 aromatic heterocycles. The van der Waals surface area contributed by atoms with Gasteiger partial charge in [0.2, 0.25) is 5.91 Å². The van der Waals surface area contributed by atoms with Crippen LogP contribution in [0, 0.1) is 5.82 Å². The van der Waals surface area contributed by atoms with Crippen molar-refractivity contribution in [2.45, 2.75) is 38.6 Å². The van der Waals surface area contributed by atoms with Gasteiger partial charge in [-0.3, -0.25) is 4.79 Å². The van der Waals surface area contributed by atoms with E-state index in [0.29, 0.717) is 37.3 Å². The van der Waals surface area contributed by atoms with Crippen LogP contribution in [0.1, 0.15) is 42.8 Å². The lowest BCUT2D eigenvalue weighted by Gasteiger charge is -2.21. The van der Waals surface area contributed by atoms with Crippen LogP contribution in [-0.4, -0.2) is 36.2 Å². The van der Waals surface area contributed by atoms with Crippen LogP contribution in [0.3, 0.4) is 0 Å². The number of methoxy groups -OCH3 is 2. The van der Waals surface area contributed by atoms with Crippen molar-refractivity contribution in [1.82, 2.24) is 14.9 Å². The third-order valence-electron chi connectivity index (χ3n) is 6.28. The molecule has 0 aliphatic carbocycles. The van der Waals surface area contributed by atoms with Crippen LogP contribution in [0.4, 0.5) is 4.39 Å². The molecule has 0 unspecified atom stereocenters. The van der Waals surface area contributed by atoms with Crippen LogP contribution in [0.25, 0.3) is 11.0 Å². The molecule has 1 amide bonds. The minimum absolute atomic E-state index is 0.0409. The molecule has 4 aromatic rings. The van der Waals surface area contributed by atoms with Gasteiger partial charge in [-0.1, -0.05) is 43.7 Å². The normalized spacial score (nSPS) is 11.9. The summed E-state index contributed by atoms with van der Waals surface area (Å²) in [5, 5.41) is 3.12. The summed E-state index contributed by atoms with van der Waals surface area (Å²) < 4.78 is 26.2. The number of nitrogens with one attached hydrogen (secondary N) is 1. The first-order valence-corrected chi connectivity index (χ1v) is 12.2. The average molecular weight is 490 g/mol. The van der Waals surface area contributed by atoms with E-state index in [1.165, 1.54) is 12.1 Å². The highest BCUT2D eigenvalue weighted by Gasteiger charge is 2.25. The standard InChI is InChI=1S/C29H32FN3O3/c1-4-7-25(29(34)31-17-16-21-12-15-26(35-2)27(18-21)36-3)33-24-9-6-5-8-23(24)32-28(33)19-20-10-13-22(30)14-11-20/h5-6,8-15,18,25H,4,7,16-17,19H2,1-3H3,(H,31,34)/t25-/m1/s1. The predicted octanol–water partition coefficient (Wildman–Crippen LogP) is 5.48. The second kappa shape index (κ2) is 11.7. The van der Waals surface area contributed by atoms with Gasteiger partial charge in [0.25, 0.3) is 0 Å². The number of nitrogens with zero attached hydrogens (tertiary/aromatic N) is 2. The number of imidazole rings is 1. The zero-order valence-electron chi connectivity index (χ0n) is 21.0. The van der Waals surface area contributed by atoms with Crippen molar-refractivity contribution in [3.63, 3.8) is 0 Å². The van der Waals surface area contributed by atoms with Gasteiger partial charge in [-0.15, -0.1) is 0 Å². The quantitative estimate of drug-likeness (QED) is 0.303. The van der Waals surface area contributed by atoms with Gasteiger partial charge in [0.15, 0.2) is 11.5 Å². The molecule has 0 aliphatic heterocycles. The number of aromatic nitrogens is 2. The molecule has 1 heterocycles. The number of ether oxygens (including phenoxy) is 2. The zero-order chi connectivity index (χ0) is 25.5. The molecule has 1 N–H and O–H groups in total. The van der Waals surface area contributed by atoms with Crippen molar-refractivity contribution in [3.8, 4) is 11.5 Å². The Hall–Kier alpha value is -3.87. The van der Waals surface area contributed by atoms with Crippen LogP contribution in [-0.2, 0) is 17.6 Å². The van der Waals surface area contributed by atoms with Crippen molar-refractivity contribution in [1.29, 1.82) is 0 Å². The molecular formula is C29H32FN3O3. The SMILES string of the molecule is CCC[C@H](C(=O)NCCc1ccc(OC)c(OC)c1)n1c(Cc2ccc(F)cc2)nc2ccccc21. The van der Waals surface area contributed by atoms with Gasteiger partial charge in [-0.2, -0.15) is 0 Å². The lowest BCUT2D eigenvalue weighted by molar-refractivity contribution is -0.124. The summed E-state index contributed by atoms with van der Waals surface area (Å²) in [7, 11) is 3.22. The van der Waals surface area contributed by atoms with E-state index < -0.39 is 6.04 Å². The zero-order valence-corrected chi connectivity index (χ0v) is 21.0. The first kappa shape index (κ1) is 25.2. The van der Waals surface area contributed by atoms with E-state index >= 15 is 0 Å². The van der Waals surface area contributed by atoms with Crippen LogP contribution >= 0.6 is 0 Å². The molecule has 0 radical (unpaired) electrons. The van der Waals surface area contributed by atoms with E-state index in [0.717, 1.165) is 34.4 Å². The summed E-state index contributed by atoms with van der Waals surface area (Å²) >= 11 is 0. The van der Waals surface area contributed by atoms with Crippen LogP contribution in [0.2, 0.25) is 0 Å². The maximum absolute atomic E-state index is 13.5. The molecule has 36 heavy (non-hydrogen) atoms. The van der Waals surface area contributed by atoms with Crippen LogP contribution in [0.15, 0.2) is 66.7 Å². The number of rotatable bonds is 11. The van der Waals surface area contributed by atoms with Crippen molar-refractivity contribution < 1.29 is 18.7 Å². The van der Waals surface area contributed by atoms with Crippen molar-refractivity contribution in [3.05, 3.63) is 89.5 Å². The number of carbonyl (C=O) groups excluding carboxylic acids is 1. The average Bonchev–Trinajstić information content (AvgIpc) is 3.25. The molecule has 6 nitrogen and oxygen atoms in total.